The molecule has 0 aromatic carbocycles. The van der Waals surface area contributed by atoms with Crippen molar-refractivity contribution in [2.45, 2.75) is 51.6 Å². The van der Waals surface area contributed by atoms with E-state index in [9.17, 15) is 5.11 Å². The fourth-order valence-corrected chi connectivity index (χ4v) is 1.77. The van der Waals surface area contributed by atoms with Crippen LogP contribution < -0.4 is 0 Å². The minimum atomic E-state index is -0.342. The summed E-state index contributed by atoms with van der Waals surface area (Å²) in [6, 6.07) is 0. The minimum absolute atomic E-state index is 0.0105. The molecule has 0 aliphatic heterocycles. The highest BCUT2D eigenvalue weighted by molar-refractivity contribution is 4.84. The second kappa shape index (κ2) is 12.1. The molecule has 0 aromatic heterocycles. The van der Waals surface area contributed by atoms with Crippen molar-refractivity contribution < 1.29 is 14.6 Å². The van der Waals surface area contributed by atoms with Crippen LogP contribution in [0.4, 0.5) is 0 Å². The molecule has 0 aliphatic carbocycles. The molecule has 0 amide bonds. The first-order valence-corrected chi connectivity index (χ1v) is 6.63. The largest absolute Gasteiger partial charge is 0.392 e. The van der Waals surface area contributed by atoms with Gasteiger partial charge in [0.2, 0.25) is 0 Å². The van der Waals surface area contributed by atoms with Gasteiger partial charge in [0, 0.05) is 13.0 Å². The molecule has 3 nitrogen and oxygen atoms in total. The summed E-state index contributed by atoms with van der Waals surface area (Å²) in [4.78, 5) is 0. The maximum absolute atomic E-state index is 9.97. The SMILES string of the molecule is C=C[C@H](COCOC)[C@H](O)CCCCCCC. The number of aliphatic hydroxyl groups is 1. The second-order valence-electron chi connectivity index (χ2n) is 4.45. The van der Waals surface area contributed by atoms with Crippen molar-refractivity contribution in [2.24, 2.45) is 5.92 Å². The first kappa shape index (κ1) is 16.6. The minimum Gasteiger partial charge on any atom is -0.392 e. The van der Waals surface area contributed by atoms with Gasteiger partial charge >= 0.3 is 0 Å². The monoisotopic (exact) mass is 244 g/mol. The molecular weight excluding hydrogens is 216 g/mol. The van der Waals surface area contributed by atoms with Crippen LogP contribution in [0.25, 0.3) is 0 Å². The lowest BCUT2D eigenvalue weighted by atomic mass is 9.98. The predicted octanol–water partition coefficient (Wildman–Crippen LogP) is 3.13. The Morgan fingerprint density at radius 2 is 1.94 bits per heavy atom. The normalized spacial score (nSPS) is 14.5. The van der Waals surface area contributed by atoms with E-state index in [0.717, 1.165) is 12.8 Å². The summed E-state index contributed by atoms with van der Waals surface area (Å²) in [5.41, 5.74) is 0. The zero-order valence-electron chi connectivity index (χ0n) is 11.4. The van der Waals surface area contributed by atoms with Gasteiger partial charge in [0.15, 0.2) is 0 Å². The van der Waals surface area contributed by atoms with E-state index in [-0.39, 0.29) is 18.8 Å². The Balaban J connectivity index is 3.60. The van der Waals surface area contributed by atoms with Gasteiger partial charge in [0.05, 0.1) is 12.7 Å². The van der Waals surface area contributed by atoms with Crippen LogP contribution in [0.2, 0.25) is 0 Å². The number of methoxy groups -OCH3 is 1. The summed E-state index contributed by atoms with van der Waals surface area (Å²) in [7, 11) is 1.59. The van der Waals surface area contributed by atoms with Crippen LogP contribution in [0, 0.1) is 5.92 Å². The van der Waals surface area contributed by atoms with Gasteiger partial charge in [0.25, 0.3) is 0 Å². The molecule has 1 N–H and O–H groups in total. The molecule has 0 bridgehead atoms. The van der Waals surface area contributed by atoms with Gasteiger partial charge in [0.1, 0.15) is 6.79 Å². The fraction of sp³-hybridized carbons (Fsp3) is 0.857. The van der Waals surface area contributed by atoms with Gasteiger partial charge in [-0.25, -0.2) is 0 Å². The van der Waals surface area contributed by atoms with Gasteiger partial charge in [-0.15, -0.1) is 6.58 Å². The van der Waals surface area contributed by atoms with Crippen LogP contribution in [0.3, 0.4) is 0 Å². The third-order valence-corrected chi connectivity index (χ3v) is 2.91. The van der Waals surface area contributed by atoms with Crippen molar-refractivity contribution in [3.8, 4) is 0 Å². The molecule has 0 unspecified atom stereocenters. The molecule has 0 heterocycles. The molecule has 0 radical (unpaired) electrons. The van der Waals surface area contributed by atoms with Gasteiger partial charge < -0.3 is 14.6 Å². The number of rotatable bonds is 12. The van der Waals surface area contributed by atoms with Crippen molar-refractivity contribution in [2.75, 3.05) is 20.5 Å². The number of unbranched alkanes of at least 4 members (excludes halogenated alkanes) is 4. The van der Waals surface area contributed by atoms with Crippen LogP contribution >= 0.6 is 0 Å². The average molecular weight is 244 g/mol. The van der Waals surface area contributed by atoms with E-state index in [1.165, 1.54) is 25.7 Å². The molecule has 0 aromatic rings. The topological polar surface area (TPSA) is 38.7 Å². The number of hydrogen-bond donors (Lipinski definition) is 1. The van der Waals surface area contributed by atoms with E-state index >= 15 is 0 Å². The summed E-state index contributed by atoms with van der Waals surface area (Å²) < 4.78 is 10.1. The number of aliphatic hydroxyl groups excluding tert-OH is 1. The molecule has 0 fully saturated rings. The second-order valence-corrected chi connectivity index (χ2v) is 4.45. The maximum Gasteiger partial charge on any atom is 0.146 e. The quantitative estimate of drug-likeness (QED) is 0.326. The molecule has 0 aliphatic rings. The highest BCUT2D eigenvalue weighted by Gasteiger charge is 2.15. The van der Waals surface area contributed by atoms with Gasteiger partial charge in [-0.3, -0.25) is 0 Å². The Bertz CT molecular complexity index is 171. The standard InChI is InChI=1S/C14H28O3/c1-4-6-7-8-9-10-14(15)13(5-2)11-17-12-16-3/h5,13-15H,2,4,6-12H2,1,3H3/t13-,14-/m1/s1. The summed E-state index contributed by atoms with van der Waals surface area (Å²) in [6.45, 7) is 6.69. The van der Waals surface area contributed by atoms with E-state index in [2.05, 4.69) is 13.5 Å². The Hall–Kier alpha value is -0.380. The average Bonchev–Trinajstić information content (AvgIpc) is 2.34. The van der Waals surface area contributed by atoms with E-state index in [0.29, 0.717) is 6.61 Å². The van der Waals surface area contributed by atoms with Crippen LogP contribution in [-0.2, 0) is 9.47 Å². The van der Waals surface area contributed by atoms with Crippen molar-refractivity contribution in [3.05, 3.63) is 12.7 Å². The highest BCUT2D eigenvalue weighted by atomic mass is 16.7. The van der Waals surface area contributed by atoms with Crippen LogP contribution in [0.5, 0.6) is 0 Å². The Labute approximate surface area is 106 Å². The summed E-state index contributed by atoms with van der Waals surface area (Å²) in [6.07, 6.45) is 8.35. The van der Waals surface area contributed by atoms with Crippen molar-refractivity contribution in [1.29, 1.82) is 0 Å². The predicted molar refractivity (Wildman–Crippen MR) is 70.9 cm³/mol. The molecule has 0 spiro atoms. The lowest BCUT2D eigenvalue weighted by molar-refractivity contribution is -0.0533. The third kappa shape index (κ3) is 9.33. The summed E-state index contributed by atoms with van der Waals surface area (Å²) in [5, 5.41) is 9.97. The first-order valence-electron chi connectivity index (χ1n) is 6.63. The molecule has 3 heteroatoms. The van der Waals surface area contributed by atoms with E-state index in [1.807, 2.05) is 0 Å². The molecule has 17 heavy (non-hydrogen) atoms. The van der Waals surface area contributed by atoms with Gasteiger partial charge in [-0.05, 0) is 6.42 Å². The zero-order chi connectivity index (χ0) is 12.9. The van der Waals surface area contributed by atoms with Crippen molar-refractivity contribution >= 4 is 0 Å². The Kier molecular flexibility index (Phi) is 11.8. The molecule has 102 valence electrons. The number of hydrogen-bond acceptors (Lipinski definition) is 3. The molecule has 0 saturated heterocycles. The molecular formula is C14H28O3. The zero-order valence-corrected chi connectivity index (χ0v) is 11.4. The maximum atomic E-state index is 9.97. The Morgan fingerprint density at radius 1 is 1.24 bits per heavy atom. The third-order valence-electron chi connectivity index (χ3n) is 2.91. The molecule has 2 atom stereocenters. The molecule has 0 rings (SSSR count). The van der Waals surface area contributed by atoms with Gasteiger partial charge in [-0.2, -0.15) is 0 Å². The van der Waals surface area contributed by atoms with Crippen molar-refractivity contribution in [3.63, 3.8) is 0 Å². The lowest BCUT2D eigenvalue weighted by Crippen LogP contribution is -2.23. The van der Waals surface area contributed by atoms with Crippen molar-refractivity contribution in [1.82, 2.24) is 0 Å². The van der Waals surface area contributed by atoms with Crippen LogP contribution in [-0.4, -0.2) is 31.7 Å². The first-order chi connectivity index (χ1) is 8.26. The van der Waals surface area contributed by atoms with E-state index in [1.54, 1.807) is 13.2 Å². The van der Waals surface area contributed by atoms with Gasteiger partial charge in [-0.1, -0.05) is 45.1 Å². The summed E-state index contributed by atoms with van der Waals surface area (Å²) >= 11 is 0. The summed E-state index contributed by atoms with van der Waals surface area (Å²) in [5.74, 6) is 0.0105. The lowest BCUT2D eigenvalue weighted by Gasteiger charge is -2.19. The Morgan fingerprint density at radius 3 is 2.53 bits per heavy atom. The molecule has 0 saturated carbocycles. The number of ether oxygens (including phenoxy) is 2. The van der Waals surface area contributed by atoms with Crippen LogP contribution in [0.15, 0.2) is 12.7 Å². The fourth-order valence-electron chi connectivity index (χ4n) is 1.77. The van der Waals surface area contributed by atoms with E-state index < -0.39 is 0 Å². The smallest absolute Gasteiger partial charge is 0.146 e. The highest BCUT2D eigenvalue weighted by Crippen LogP contribution is 2.14. The van der Waals surface area contributed by atoms with E-state index in [4.69, 9.17) is 9.47 Å². The van der Waals surface area contributed by atoms with Crippen LogP contribution in [0.1, 0.15) is 45.4 Å².